The van der Waals surface area contributed by atoms with E-state index >= 15 is 0 Å². The normalized spacial score (nSPS) is 11.8. The SMILES string of the molecule is CC[C@H](C)c1ccc(NC(=O)C[NH2+]CC(=O)NC)cc1. The second kappa shape index (κ2) is 8.32. The Bertz CT molecular complexity index is 443. The molecular weight excluding hydrogens is 254 g/mol. The van der Waals surface area contributed by atoms with E-state index in [-0.39, 0.29) is 24.9 Å². The van der Waals surface area contributed by atoms with Gasteiger partial charge in [-0.05, 0) is 30.0 Å². The first-order valence-corrected chi connectivity index (χ1v) is 6.98. The molecule has 0 spiro atoms. The fourth-order valence-electron chi connectivity index (χ4n) is 1.78. The van der Waals surface area contributed by atoms with Crippen LogP contribution in [0.5, 0.6) is 0 Å². The standard InChI is InChI=1S/C15H23N3O2/c1-4-11(2)12-5-7-13(8-6-12)18-15(20)10-17-9-14(19)16-3/h5-8,11,17H,4,9-10H2,1-3H3,(H,16,19)(H,18,20)/p+1/t11-/m0/s1. The molecule has 0 aliphatic heterocycles. The van der Waals surface area contributed by atoms with Crippen molar-refractivity contribution in [1.82, 2.24) is 5.32 Å². The number of hydrogen-bond acceptors (Lipinski definition) is 2. The molecule has 110 valence electrons. The lowest BCUT2D eigenvalue weighted by Gasteiger charge is -2.10. The molecule has 0 saturated carbocycles. The van der Waals surface area contributed by atoms with Crippen molar-refractivity contribution in [1.29, 1.82) is 0 Å². The molecule has 0 saturated heterocycles. The third kappa shape index (κ3) is 5.40. The molecule has 0 aliphatic rings. The number of rotatable bonds is 7. The van der Waals surface area contributed by atoms with Crippen LogP contribution < -0.4 is 16.0 Å². The number of nitrogens with one attached hydrogen (secondary N) is 2. The van der Waals surface area contributed by atoms with E-state index in [1.807, 2.05) is 24.3 Å². The van der Waals surface area contributed by atoms with Gasteiger partial charge in [-0.2, -0.15) is 0 Å². The molecule has 0 aromatic heterocycles. The fourth-order valence-corrected chi connectivity index (χ4v) is 1.78. The van der Waals surface area contributed by atoms with E-state index in [1.165, 1.54) is 5.56 Å². The summed E-state index contributed by atoms with van der Waals surface area (Å²) >= 11 is 0. The number of hydrogen-bond donors (Lipinski definition) is 3. The van der Waals surface area contributed by atoms with E-state index in [2.05, 4.69) is 24.5 Å². The second-order valence-corrected chi connectivity index (χ2v) is 4.85. The molecule has 20 heavy (non-hydrogen) atoms. The first-order chi connectivity index (χ1) is 9.56. The molecule has 1 rings (SSSR count). The molecule has 1 atom stereocenters. The third-order valence-electron chi connectivity index (χ3n) is 3.31. The lowest BCUT2D eigenvalue weighted by molar-refractivity contribution is -0.632. The van der Waals surface area contributed by atoms with Crippen molar-refractivity contribution in [2.45, 2.75) is 26.2 Å². The number of quaternary nitrogens is 1. The zero-order valence-corrected chi connectivity index (χ0v) is 12.4. The summed E-state index contributed by atoms with van der Waals surface area (Å²) in [5.74, 6) is 0.335. The van der Waals surface area contributed by atoms with Gasteiger partial charge in [0.1, 0.15) is 0 Å². The van der Waals surface area contributed by atoms with E-state index in [0.29, 0.717) is 5.92 Å². The van der Waals surface area contributed by atoms with Gasteiger partial charge in [0.2, 0.25) is 0 Å². The molecule has 5 nitrogen and oxygen atoms in total. The molecular formula is C15H24N3O2+. The maximum absolute atomic E-state index is 11.7. The maximum Gasteiger partial charge on any atom is 0.279 e. The zero-order chi connectivity index (χ0) is 15.0. The zero-order valence-electron chi connectivity index (χ0n) is 12.4. The van der Waals surface area contributed by atoms with Gasteiger partial charge in [-0.3, -0.25) is 9.59 Å². The van der Waals surface area contributed by atoms with Crippen LogP contribution in [0.15, 0.2) is 24.3 Å². The number of nitrogens with two attached hydrogens (primary N) is 1. The summed E-state index contributed by atoms with van der Waals surface area (Å²) in [6.07, 6.45) is 1.10. The van der Waals surface area contributed by atoms with Crippen molar-refractivity contribution in [3.63, 3.8) is 0 Å². The van der Waals surface area contributed by atoms with Gasteiger partial charge in [-0.15, -0.1) is 0 Å². The average Bonchev–Trinajstić information content (AvgIpc) is 2.47. The summed E-state index contributed by atoms with van der Waals surface area (Å²) < 4.78 is 0. The van der Waals surface area contributed by atoms with Crippen molar-refractivity contribution in [2.75, 3.05) is 25.5 Å². The molecule has 1 aromatic carbocycles. The van der Waals surface area contributed by atoms with Gasteiger partial charge in [-0.1, -0.05) is 26.0 Å². The van der Waals surface area contributed by atoms with E-state index in [0.717, 1.165) is 12.1 Å². The van der Waals surface area contributed by atoms with Gasteiger partial charge < -0.3 is 16.0 Å². The van der Waals surface area contributed by atoms with Crippen LogP contribution in [0, 0.1) is 0 Å². The van der Waals surface area contributed by atoms with Gasteiger partial charge in [0.25, 0.3) is 11.8 Å². The molecule has 0 radical (unpaired) electrons. The number of carbonyl (C=O) groups is 2. The van der Waals surface area contributed by atoms with Gasteiger partial charge >= 0.3 is 0 Å². The summed E-state index contributed by atoms with van der Waals surface area (Å²) in [6, 6.07) is 7.91. The predicted octanol–water partition coefficient (Wildman–Crippen LogP) is 0.448. The van der Waals surface area contributed by atoms with Gasteiger partial charge in [0.05, 0.1) is 0 Å². The first-order valence-electron chi connectivity index (χ1n) is 6.98. The number of amides is 2. The van der Waals surface area contributed by atoms with Crippen LogP contribution >= 0.6 is 0 Å². The summed E-state index contributed by atoms with van der Waals surface area (Å²) in [5, 5.41) is 6.99. The van der Waals surface area contributed by atoms with E-state index < -0.39 is 0 Å². The summed E-state index contributed by atoms with van der Waals surface area (Å²) in [7, 11) is 1.58. The first kappa shape index (κ1) is 16.2. The van der Waals surface area contributed by atoms with Crippen LogP contribution in [-0.4, -0.2) is 32.0 Å². The Morgan fingerprint density at radius 1 is 1.15 bits per heavy atom. The Morgan fingerprint density at radius 2 is 1.75 bits per heavy atom. The van der Waals surface area contributed by atoms with Crippen molar-refractivity contribution in [3.8, 4) is 0 Å². The van der Waals surface area contributed by atoms with Crippen LogP contribution in [0.2, 0.25) is 0 Å². The predicted molar refractivity (Wildman–Crippen MR) is 79.5 cm³/mol. The van der Waals surface area contributed by atoms with Crippen molar-refractivity contribution < 1.29 is 14.9 Å². The summed E-state index contributed by atoms with van der Waals surface area (Å²) in [6.45, 7) is 4.83. The molecule has 0 aliphatic carbocycles. The number of likely N-dealkylation sites (N-methyl/N-ethyl adjacent to an activating group) is 1. The fraction of sp³-hybridized carbons (Fsp3) is 0.467. The molecule has 0 unspecified atom stereocenters. The largest absolute Gasteiger partial charge is 0.354 e. The molecule has 5 heteroatoms. The van der Waals surface area contributed by atoms with Crippen molar-refractivity contribution in [2.24, 2.45) is 0 Å². The quantitative estimate of drug-likeness (QED) is 0.677. The Labute approximate surface area is 120 Å². The smallest absolute Gasteiger partial charge is 0.279 e. The molecule has 0 fully saturated rings. The highest BCUT2D eigenvalue weighted by atomic mass is 16.2. The van der Waals surface area contributed by atoms with Gasteiger partial charge in [0, 0.05) is 12.7 Å². The molecule has 0 bridgehead atoms. The summed E-state index contributed by atoms with van der Waals surface area (Å²) in [4.78, 5) is 22.7. The van der Waals surface area contributed by atoms with Gasteiger partial charge in [0.15, 0.2) is 13.1 Å². The monoisotopic (exact) mass is 278 g/mol. The van der Waals surface area contributed by atoms with Crippen LogP contribution in [0.4, 0.5) is 5.69 Å². The highest BCUT2D eigenvalue weighted by Gasteiger charge is 2.07. The molecule has 4 N–H and O–H groups in total. The minimum atomic E-state index is -0.106. The van der Waals surface area contributed by atoms with E-state index in [9.17, 15) is 9.59 Å². The summed E-state index contributed by atoms with van der Waals surface area (Å²) in [5.41, 5.74) is 2.06. The lowest BCUT2D eigenvalue weighted by atomic mass is 9.99. The van der Waals surface area contributed by atoms with Crippen LogP contribution in [0.3, 0.4) is 0 Å². The third-order valence-corrected chi connectivity index (χ3v) is 3.31. The minimum absolute atomic E-state index is 0.0873. The van der Waals surface area contributed by atoms with Crippen molar-refractivity contribution >= 4 is 17.5 Å². The maximum atomic E-state index is 11.7. The Balaban J connectivity index is 2.40. The average molecular weight is 278 g/mol. The Morgan fingerprint density at radius 3 is 2.30 bits per heavy atom. The topological polar surface area (TPSA) is 74.8 Å². The number of carbonyl (C=O) groups excluding carboxylic acids is 2. The molecule has 2 amide bonds. The van der Waals surface area contributed by atoms with Crippen molar-refractivity contribution in [3.05, 3.63) is 29.8 Å². The van der Waals surface area contributed by atoms with Crippen LogP contribution in [-0.2, 0) is 9.59 Å². The van der Waals surface area contributed by atoms with Gasteiger partial charge in [-0.25, -0.2) is 0 Å². The van der Waals surface area contributed by atoms with Crippen LogP contribution in [0.1, 0.15) is 31.7 Å². The lowest BCUT2D eigenvalue weighted by Crippen LogP contribution is -2.88. The Kier molecular flexibility index (Phi) is 6.73. The van der Waals surface area contributed by atoms with E-state index in [1.54, 1.807) is 12.4 Å². The molecule has 1 aromatic rings. The second-order valence-electron chi connectivity index (χ2n) is 4.85. The number of benzene rings is 1. The number of anilines is 1. The molecule has 0 heterocycles. The highest BCUT2D eigenvalue weighted by molar-refractivity contribution is 5.91. The highest BCUT2D eigenvalue weighted by Crippen LogP contribution is 2.20. The van der Waals surface area contributed by atoms with Crippen LogP contribution in [0.25, 0.3) is 0 Å². The van der Waals surface area contributed by atoms with E-state index in [4.69, 9.17) is 0 Å². The minimum Gasteiger partial charge on any atom is -0.354 e. The Hall–Kier alpha value is -1.88.